The maximum absolute atomic E-state index is 11.6. The van der Waals surface area contributed by atoms with Gasteiger partial charge in [-0.05, 0) is 6.92 Å². The van der Waals surface area contributed by atoms with Crippen LogP contribution in [0, 0.1) is 0 Å². The number of carbonyl (C=O) groups excluding carboxylic acids is 2. The van der Waals surface area contributed by atoms with E-state index in [1.54, 1.807) is 6.92 Å². The van der Waals surface area contributed by atoms with Crippen molar-refractivity contribution in [2.45, 2.75) is 6.92 Å². The van der Waals surface area contributed by atoms with Crippen LogP contribution in [0.4, 0.5) is 4.79 Å². The van der Waals surface area contributed by atoms with E-state index in [1.807, 2.05) is 0 Å². The summed E-state index contributed by atoms with van der Waals surface area (Å²) < 4.78 is 4.77. The summed E-state index contributed by atoms with van der Waals surface area (Å²) in [6.07, 6.45) is 0. The van der Waals surface area contributed by atoms with E-state index in [0.717, 1.165) is 4.90 Å². The number of amides is 3. The van der Waals surface area contributed by atoms with Crippen LogP contribution in [0.25, 0.3) is 0 Å². The number of carboxylic acids is 1. The molecule has 0 saturated carbocycles. The Morgan fingerprint density at radius 2 is 1.94 bits per heavy atom. The van der Waals surface area contributed by atoms with Crippen LogP contribution in [0.5, 0.6) is 0 Å². The number of nitrogens with one attached hydrogen (secondary N) is 2. The molecule has 3 amide bonds. The molecule has 0 aromatic carbocycles. The maximum Gasteiger partial charge on any atom is 0.323 e. The number of hydrogen-bond acceptors (Lipinski definition) is 4. The van der Waals surface area contributed by atoms with E-state index in [1.165, 1.54) is 7.11 Å². The van der Waals surface area contributed by atoms with Crippen molar-refractivity contribution in [3.05, 3.63) is 0 Å². The molecule has 18 heavy (non-hydrogen) atoms. The van der Waals surface area contributed by atoms with Gasteiger partial charge in [0.15, 0.2) is 0 Å². The quantitative estimate of drug-likeness (QED) is 0.512. The minimum Gasteiger partial charge on any atom is -0.480 e. The molecule has 0 aliphatic rings. The SMILES string of the molecule is CCNC(=O)CNC(=O)N(CCOC)CC(=O)O. The number of nitrogens with zero attached hydrogens (tertiary/aromatic N) is 1. The standard InChI is InChI=1S/C10H19N3O5/c1-3-11-8(14)6-12-10(17)13(4-5-18-2)7-9(15)16/h3-7H2,1-2H3,(H,11,14)(H,12,17)(H,15,16). The van der Waals surface area contributed by atoms with E-state index in [-0.39, 0.29) is 25.6 Å². The molecule has 0 saturated heterocycles. The van der Waals surface area contributed by atoms with E-state index in [0.29, 0.717) is 6.54 Å². The summed E-state index contributed by atoms with van der Waals surface area (Å²) in [4.78, 5) is 34.4. The lowest BCUT2D eigenvalue weighted by molar-refractivity contribution is -0.137. The van der Waals surface area contributed by atoms with E-state index in [9.17, 15) is 14.4 Å². The summed E-state index contributed by atoms with van der Waals surface area (Å²) in [5.74, 6) is -1.45. The second kappa shape index (κ2) is 9.23. The molecule has 0 aliphatic heterocycles. The van der Waals surface area contributed by atoms with Gasteiger partial charge in [-0.3, -0.25) is 9.59 Å². The number of aliphatic carboxylic acids is 1. The molecule has 8 heteroatoms. The Labute approximate surface area is 105 Å². The zero-order valence-electron chi connectivity index (χ0n) is 10.6. The average molecular weight is 261 g/mol. The first-order valence-electron chi connectivity index (χ1n) is 5.51. The average Bonchev–Trinajstić information content (AvgIpc) is 2.31. The Balaban J connectivity index is 4.19. The van der Waals surface area contributed by atoms with Crippen molar-refractivity contribution in [3.8, 4) is 0 Å². The zero-order valence-corrected chi connectivity index (χ0v) is 10.6. The number of urea groups is 1. The number of methoxy groups -OCH3 is 1. The third-order valence-electron chi connectivity index (χ3n) is 1.95. The summed E-state index contributed by atoms with van der Waals surface area (Å²) >= 11 is 0. The first kappa shape index (κ1) is 16.2. The van der Waals surface area contributed by atoms with Crippen LogP contribution in [0.1, 0.15) is 6.92 Å². The van der Waals surface area contributed by atoms with Crippen LogP contribution >= 0.6 is 0 Å². The van der Waals surface area contributed by atoms with Crippen LogP contribution in [0.2, 0.25) is 0 Å². The van der Waals surface area contributed by atoms with Gasteiger partial charge in [0.25, 0.3) is 0 Å². The van der Waals surface area contributed by atoms with E-state index >= 15 is 0 Å². The number of likely N-dealkylation sites (N-methyl/N-ethyl adjacent to an activating group) is 1. The highest BCUT2D eigenvalue weighted by Crippen LogP contribution is 1.90. The van der Waals surface area contributed by atoms with Crippen molar-refractivity contribution in [3.63, 3.8) is 0 Å². The lowest BCUT2D eigenvalue weighted by Gasteiger charge is -2.20. The molecule has 3 N–H and O–H groups in total. The van der Waals surface area contributed by atoms with Crippen molar-refractivity contribution >= 4 is 17.9 Å². The van der Waals surface area contributed by atoms with E-state index in [2.05, 4.69) is 10.6 Å². The molecule has 0 heterocycles. The van der Waals surface area contributed by atoms with Crippen LogP contribution in [0.15, 0.2) is 0 Å². The highest BCUT2D eigenvalue weighted by atomic mass is 16.5. The van der Waals surface area contributed by atoms with Crippen molar-refractivity contribution in [2.24, 2.45) is 0 Å². The monoisotopic (exact) mass is 261 g/mol. The van der Waals surface area contributed by atoms with Gasteiger partial charge in [0, 0.05) is 20.2 Å². The van der Waals surface area contributed by atoms with Gasteiger partial charge in [-0.15, -0.1) is 0 Å². The van der Waals surface area contributed by atoms with Gasteiger partial charge in [0.05, 0.1) is 13.2 Å². The van der Waals surface area contributed by atoms with Crippen LogP contribution in [0.3, 0.4) is 0 Å². The van der Waals surface area contributed by atoms with Gasteiger partial charge in [0.2, 0.25) is 5.91 Å². The lowest BCUT2D eigenvalue weighted by Crippen LogP contribution is -2.47. The highest BCUT2D eigenvalue weighted by molar-refractivity contribution is 5.85. The van der Waals surface area contributed by atoms with Crippen molar-refractivity contribution in [1.29, 1.82) is 0 Å². The van der Waals surface area contributed by atoms with Crippen molar-refractivity contribution in [2.75, 3.05) is 39.9 Å². The molecule has 0 unspecified atom stereocenters. The van der Waals surface area contributed by atoms with Gasteiger partial charge in [-0.2, -0.15) is 0 Å². The number of carbonyl (C=O) groups is 3. The van der Waals surface area contributed by atoms with Crippen molar-refractivity contribution in [1.82, 2.24) is 15.5 Å². The van der Waals surface area contributed by atoms with Crippen LogP contribution in [-0.2, 0) is 14.3 Å². The van der Waals surface area contributed by atoms with E-state index in [4.69, 9.17) is 9.84 Å². The van der Waals surface area contributed by atoms with E-state index < -0.39 is 18.5 Å². The zero-order chi connectivity index (χ0) is 14.0. The minimum absolute atomic E-state index is 0.143. The highest BCUT2D eigenvalue weighted by Gasteiger charge is 2.16. The molecule has 0 aromatic heterocycles. The summed E-state index contributed by atoms with van der Waals surface area (Å²) in [6, 6.07) is -0.610. The molecule has 104 valence electrons. The Morgan fingerprint density at radius 3 is 2.44 bits per heavy atom. The van der Waals surface area contributed by atoms with Gasteiger partial charge in [-0.25, -0.2) is 4.79 Å². The topological polar surface area (TPSA) is 108 Å². The summed E-state index contributed by atoms with van der Waals surface area (Å²) in [6.45, 7) is 1.97. The fourth-order valence-electron chi connectivity index (χ4n) is 1.14. The summed E-state index contributed by atoms with van der Waals surface area (Å²) in [7, 11) is 1.45. The van der Waals surface area contributed by atoms with Crippen molar-refractivity contribution < 1.29 is 24.2 Å². The largest absolute Gasteiger partial charge is 0.480 e. The second-order valence-electron chi connectivity index (χ2n) is 3.42. The molecule has 0 aromatic rings. The fourth-order valence-corrected chi connectivity index (χ4v) is 1.14. The first-order chi connectivity index (χ1) is 8.51. The number of carboxylic acid groups (broad SMARTS) is 1. The summed E-state index contributed by atoms with van der Waals surface area (Å²) in [5, 5.41) is 13.5. The number of ether oxygens (including phenoxy) is 1. The third kappa shape index (κ3) is 7.44. The van der Waals surface area contributed by atoms with Crippen LogP contribution in [-0.4, -0.2) is 67.8 Å². The van der Waals surface area contributed by atoms with Gasteiger partial charge in [0.1, 0.15) is 6.54 Å². The number of hydrogen-bond donors (Lipinski definition) is 3. The maximum atomic E-state index is 11.6. The van der Waals surface area contributed by atoms with Crippen LogP contribution < -0.4 is 10.6 Å². The Kier molecular flexibility index (Phi) is 8.29. The Hall–Kier alpha value is -1.83. The van der Waals surface area contributed by atoms with Gasteiger partial charge >= 0.3 is 12.0 Å². The third-order valence-corrected chi connectivity index (χ3v) is 1.95. The molecule has 0 spiro atoms. The van der Waals surface area contributed by atoms with Gasteiger partial charge < -0.3 is 25.4 Å². The minimum atomic E-state index is -1.13. The molecular weight excluding hydrogens is 242 g/mol. The summed E-state index contributed by atoms with van der Waals surface area (Å²) in [5.41, 5.74) is 0. The first-order valence-corrected chi connectivity index (χ1v) is 5.51. The predicted octanol–water partition coefficient (Wildman–Crippen LogP) is -1.13. The smallest absolute Gasteiger partial charge is 0.323 e. The molecule has 8 nitrogen and oxygen atoms in total. The predicted molar refractivity (Wildman–Crippen MR) is 63.2 cm³/mol. The Morgan fingerprint density at radius 1 is 1.28 bits per heavy atom. The molecule has 0 aliphatic carbocycles. The molecule has 0 bridgehead atoms. The molecule has 0 atom stereocenters. The lowest BCUT2D eigenvalue weighted by atomic mass is 10.5. The molecule has 0 fully saturated rings. The molecule has 0 radical (unpaired) electrons. The fraction of sp³-hybridized carbons (Fsp3) is 0.700. The Bertz CT molecular complexity index is 295. The normalized spacial score (nSPS) is 9.67. The number of rotatable bonds is 8. The van der Waals surface area contributed by atoms with Gasteiger partial charge in [-0.1, -0.05) is 0 Å². The molecular formula is C10H19N3O5. The second-order valence-corrected chi connectivity index (χ2v) is 3.42. The molecule has 0 rings (SSSR count).